The molecule has 1 rings (SSSR count). The van der Waals surface area contributed by atoms with E-state index >= 15 is 0 Å². The number of carbonyl (C=O) groups excluding carboxylic acids is 1. The molecule has 0 aliphatic carbocycles. The van der Waals surface area contributed by atoms with Crippen molar-refractivity contribution in [1.29, 1.82) is 0 Å². The molecule has 112 valence electrons. The Balaban J connectivity index is 2.76. The molecule has 1 heterocycles. The minimum atomic E-state index is -0.448. The van der Waals surface area contributed by atoms with Gasteiger partial charge in [0.1, 0.15) is 11.1 Å². The van der Waals surface area contributed by atoms with Crippen LogP contribution in [-0.4, -0.2) is 34.0 Å². The molecule has 0 bridgehead atoms. The summed E-state index contributed by atoms with van der Waals surface area (Å²) in [5.74, 6) is 0.800. The molecule has 0 saturated heterocycles. The molecular weight excluding hydrogens is 278 g/mol. The highest BCUT2D eigenvalue weighted by atomic mass is 35.5. The maximum Gasteiger partial charge on any atom is 0.242 e. The molecule has 20 heavy (non-hydrogen) atoms. The second kappa shape index (κ2) is 6.74. The lowest BCUT2D eigenvalue weighted by molar-refractivity contribution is -0.122. The summed E-state index contributed by atoms with van der Waals surface area (Å²) in [6.07, 6.45) is 1.50. The van der Waals surface area contributed by atoms with E-state index in [-0.39, 0.29) is 11.4 Å². The zero-order chi connectivity index (χ0) is 15.3. The van der Waals surface area contributed by atoms with Crippen molar-refractivity contribution in [3.05, 3.63) is 11.2 Å². The third-order valence-electron chi connectivity index (χ3n) is 2.32. The van der Waals surface area contributed by atoms with Crippen LogP contribution in [0.4, 0.5) is 11.8 Å². The SMILES string of the molecule is CCNc1ncc(Cl)c(NC(C)C(=O)NC(C)(C)C)n1. The van der Waals surface area contributed by atoms with Crippen LogP contribution in [-0.2, 0) is 4.79 Å². The molecule has 1 unspecified atom stereocenters. The summed E-state index contributed by atoms with van der Waals surface area (Å²) in [6.45, 7) is 10.2. The van der Waals surface area contributed by atoms with Gasteiger partial charge in [-0.1, -0.05) is 11.6 Å². The zero-order valence-electron chi connectivity index (χ0n) is 12.5. The van der Waals surface area contributed by atoms with Crippen molar-refractivity contribution in [2.24, 2.45) is 0 Å². The van der Waals surface area contributed by atoms with E-state index < -0.39 is 6.04 Å². The average Bonchev–Trinajstić information content (AvgIpc) is 2.31. The summed E-state index contributed by atoms with van der Waals surface area (Å²) in [5, 5.41) is 9.26. The van der Waals surface area contributed by atoms with Gasteiger partial charge in [0.2, 0.25) is 11.9 Å². The molecule has 1 aromatic heterocycles. The Morgan fingerprint density at radius 1 is 1.45 bits per heavy atom. The third kappa shape index (κ3) is 5.21. The van der Waals surface area contributed by atoms with Gasteiger partial charge in [-0.25, -0.2) is 4.98 Å². The zero-order valence-corrected chi connectivity index (χ0v) is 13.3. The van der Waals surface area contributed by atoms with E-state index in [9.17, 15) is 4.79 Å². The van der Waals surface area contributed by atoms with Crippen molar-refractivity contribution < 1.29 is 4.79 Å². The van der Waals surface area contributed by atoms with Gasteiger partial charge >= 0.3 is 0 Å². The Morgan fingerprint density at radius 3 is 2.65 bits per heavy atom. The summed E-state index contributed by atoms with van der Waals surface area (Å²) in [6, 6.07) is -0.448. The highest BCUT2D eigenvalue weighted by Gasteiger charge is 2.20. The lowest BCUT2D eigenvalue weighted by Crippen LogP contribution is -2.47. The molecular formula is C13H22ClN5O. The Labute approximate surface area is 124 Å². The number of halogens is 1. The molecule has 0 aliphatic rings. The van der Waals surface area contributed by atoms with Gasteiger partial charge in [0.25, 0.3) is 0 Å². The molecule has 1 aromatic rings. The molecule has 1 amide bonds. The minimum Gasteiger partial charge on any atom is -0.357 e. The smallest absolute Gasteiger partial charge is 0.242 e. The number of hydrogen-bond donors (Lipinski definition) is 3. The Hall–Kier alpha value is -1.56. The number of carbonyl (C=O) groups is 1. The van der Waals surface area contributed by atoms with Crippen molar-refractivity contribution in [3.8, 4) is 0 Å². The van der Waals surface area contributed by atoms with Crippen molar-refractivity contribution in [2.75, 3.05) is 17.2 Å². The van der Waals surface area contributed by atoms with Crippen molar-refractivity contribution in [1.82, 2.24) is 15.3 Å². The lowest BCUT2D eigenvalue weighted by atomic mass is 10.1. The summed E-state index contributed by atoms with van der Waals surface area (Å²) in [7, 11) is 0. The second-order valence-electron chi connectivity index (χ2n) is 5.53. The van der Waals surface area contributed by atoms with E-state index in [1.807, 2.05) is 27.7 Å². The average molecular weight is 300 g/mol. The maximum absolute atomic E-state index is 12.0. The first-order valence-electron chi connectivity index (χ1n) is 6.58. The first-order valence-corrected chi connectivity index (χ1v) is 6.95. The van der Waals surface area contributed by atoms with Crippen molar-refractivity contribution in [3.63, 3.8) is 0 Å². The van der Waals surface area contributed by atoms with Crippen LogP contribution in [0.1, 0.15) is 34.6 Å². The first kappa shape index (κ1) is 16.5. The molecule has 0 aliphatic heterocycles. The molecule has 0 aromatic carbocycles. The van der Waals surface area contributed by atoms with Crippen LogP contribution in [0, 0.1) is 0 Å². The number of aromatic nitrogens is 2. The molecule has 3 N–H and O–H groups in total. The Bertz CT molecular complexity index is 472. The van der Waals surface area contributed by atoms with Crippen LogP contribution in [0.25, 0.3) is 0 Å². The Morgan fingerprint density at radius 2 is 2.10 bits per heavy atom. The van der Waals surface area contributed by atoms with Gasteiger partial charge in [0.05, 0.1) is 6.20 Å². The molecule has 0 radical (unpaired) electrons. The van der Waals surface area contributed by atoms with E-state index in [0.717, 1.165) is 0 Å². The van der Waals surface area contributed by atoms with Crippen molar-refractivity contribution in [2.45, 2.75) is 46.2 Å². The summed E-state index contributed by atoms with van der Waals surface area (Å²) in [5.41, 5.74) is -0.280. The van der Waals surface area contributed by atoms with Crippen LogP contribution in [0.2, 0.25) is 5.02 Å². The summed E-state index contributed by atoms with van der Waals surface area (Å²) < 4.78 is 0. The first-order chi connectivity index (χ1) is 9.23. The maximum atomic E-state index is 12.0. The van der Waals surface area contributed by atoms with Gasteiger partial charge in [-0.3, -0.25) is 4.79 Å². The van der Waals surface area contributed by atoms with E-state index in [1.165, 1.54) is 6.20 Å². The predicted molar refractivity (Wildman–Crippen MR) is 82.2 cm³/mol. The van der Waals surface area contributed by atoms with Crippen LogP contribution in [0.15, 0.2) is 6.20 Å². The number of nitrogens with zero attached hydrogens (tertiary/aromatic N) is 2. The fourth-order valence-corrected chi connectivity index (χ4v) is 1.61. The third-order valence-corrected chi connectivity index (χ3v) is 2.60. The molecule has 0 fully saturated rings. The quantitative estimate of drug-likeness (QED) is 0.777. The standard InChI is InChI=1S/C13H22ClN5O/c1-6-15-12-16-7-9(14)10(18-12)17-8(2)11(20)19-13(3,4)5/h7-8H,6H2,1-5H3,(H,19,20)(H2,15,16,17,18). The van der Waals surface area contributed by atoms with Gasteiger partial charge in [0, 0.05) is 12.1 Å². The number of hydrogen-bond acceptors (Lipinski definition) is 5. The van der Waals surface area contributed by atoms with Crippen LogP contribution < -0.4 is 16.0 Å². The van der Waals surface area contributed by atoms with Crippen molar-refractivity contribution >= 4 is 29.3 Å². The molecule has 0 spiro atoms. The lowest BCUT2D eigenvalue weighted by Gasteiger charge is -2.24. The largest absolute Gasteiger partial charge is 0.357 e. The minimum absolute atomic E-state index is 0.114. The van der Waals surface area contributed by atoms with Gasteiger partial charge in [-0.2, -0.15) is 4.98 Å². The number of amides is 1. The second-order valence-corrected chi connectivity index (χ2v) is 5.93. The van der Waals surface area contributed by atoms with Gasteiger partial charge in [-0.05, 0) is 34.6 Å². The highest BCUT2D eigenvalue weighted by molar-refractivity contribution is 6.32. The van der Waals surface area contributed by atoms with E-state index in [2.05, 4.69) is 25.9 Å². The van der Waals surface area contributed by atoms with E-state index in [4.69, 9.17) is 11.6 Å². The number of nitrogens with one attached hydrogen (secondary N) is 3. The van der Waals surface area contributed by atoms with Crippen LogP contribution >= 0.6 is 11.6 Å². The molecule has 1 atom stereocenters. The number of rotatable bonds is 5. The predicted octanol–water partition coefficient (Wildman–Crippen LogP) is 2.28. The van der Waals surface area contributed by atoms with E-state index in [1.54, 1.807) is 6.92 Å². The summed E-state index contributed by atoms with van der Waals surface area (Å²) >= 11 is 6.03. The normalized spacial score (nSPS) is 12.7. The number of anilines is 2. The fourth-order valence-electron chi connectivity index (χ4n) is 1.46. The van der Waals surface area contributed by atoms with Gasteiger partial charge in [0.15, 0.2) is 5.82 Å². The highest BCUT2D eigenvalue weighted by Crippen LogP contribution is 2.20. The monoisotopic (exact) mass is 299 g/mol. The van der Waals surface area contributed by atoms with Crippen LogP contribution in [0.3, 0.4) is 0 Å². The van der Waals surface area contributed by atoms with Crippen LogP contribution in [0.5, 0.6) is 0 Å². The summed E-state index contributed by atoms with van der Waals surface area (Å²) in [4.78, 5) is 20.3. The molecule has 6 nitrogen and oxygen atoms in total. The molecule has 0 saturated carbocycles. The van der Waals surface area contributed by atoms with E-state index in [0.29, 0.717) is 23.3 Å². The molecule has 7 heteroatoms. The van der Waals surface area contributed by atoms with Gasteiger partial charge in [-0.15, -0.1) is 0 Å². The fraction of sp³-hybridized carbons (Fsp3) is 0.615. The Kier molecular flexibility index (Phi) is 5.56. The van der Waals surface area contributed by atoms with Gasteiger partial charge < -0.3 is 16.0 Å². The topological polar surface area (TPSA) is 78.9 Å².